The lowest BCUT2D eigenvalue weighted by Gasteiger charge is -2.15. The van der Waals surface area contributed by atoms with Crippen LogP contribution < -0.4 is 10.1 Å². The Bertz CT molecular complexity index is 583. The summed E-state index contributed by atoms with van der Waals surface area (Å²) in [5, 5.41) is 16.8. The van der Waals surface area contributed by atoms with Crippen LogP contribution in [0.4, 0.5) is 0 Å². The van der Waals surface area contributed by atoms with Gasteiger partial charge in [0.25, 0.3) is 0 Å². The first-order valence-corrected chi connectivity index (χ1v) is 7.68. The van der Waals surface area contributed by atoms with Gasteiger partial charge in [-0.2, -0.15) is 11.3 Å². The fourth-order valence-corrected chi connectivity index (χ4v) is 2.74. The predicted octanol–water partition coefficient (Wildman–Crippen LogP) is 2.71. The zero-order chi connectivity index (χ0) is 15.2. The Labute approximate surface area is 128 Å². The summed E-state index contributed by atoms with van der Waals surface area (Å²) in [7, 11) is 1.58. The van der Waals surface area contributed by atoms with Gasteiger partial charge in [-0.05, 0) is 47.0 Å². The SMILES string of the molecule is COc1cccc(C(O)CNC(=O)C(C)c2ccsc2)c1. The van der Waals surface area contributed by atoms with Crippen LogP contribution in [-0.2, 0) is 4.79 Å². The number of nitrogens with one attached hydrogen (secondary N) is 1. The van der Waals surface area contributed by atoms with Crippen LogP contribution in [0.1, 0.15) is 30.1 Å². The summed E-state index contributed by atoms with van der Waals surface area (Å²) in [6.45, 7) is 2.04. The van der Waals surface area contributed by atoms with E-state index in [1.165, 1.54) is 0 Å². The highest BCUT2D eigenvalue weighted by atomic mass is 32.1. The average Bonchev–Trinajstić information content (AvgIpc) is 3.05. The highest BCUT2D eigenvalue weighted by Crippen LogP contribution is 2.20. The van der Waals surface area contributed by atoms with Crippen molar-refractivity contribution in [3.63, 3.8) is 0 Å². The number of rotatable bonds is 6. The number of aliphatic hydroxyl groups is 1. The van der Waals surface area contributed by atoms with Gasteiger partial charge >= 0.3 is 0 Å². The monoisotopic (exact) mass is 305 g/mol. The molecular formula is C16H19NO3S. The molecule has 2 aromatic rings. The van der Waals surface area contributed by atoms with Gasteiger partial charge in [0, 0.05) is 6.54 Å². The first-order chi connectivity index (χ1) is 10.1. The number of hydrogen-bond donors (Lipinski definition) is 2. The molecule has 0 aliphatic heterocycles. The molecule has 5 heteroatoms. The number of benzene rings is 1. The van der Waals surface area contributed by atoms with Gasteiger partial charge in [-0.3, -0.25) is 4.79 Å². The van der Waals surface area contributed by atoms with Crippen LogP contribution in [0.25, 0.3) is 0 Å². The first-order valence-electron chi connectivity index (χ1n) is 6.73. The maximum Gasteiger partial charge on any atom is 0.227 e. The molecule has 0 aliphatic carbocycles. The number of ether oxygens (including phenoxy) is 1. The Hall–Kier alpha value is -1.85. The van der Waals surface area contributed by atoms with Gasteiger partial charge < -0.3 is 15.2 Å². The molecule has 1 heterocycles. The molecule has 1 aromatic carbocycles. The van der Waals surface area contributed by atoms with Gasteiger partial charge in [0.2, 0.25) is 5.91 Å². The van der Waals surface area contributed by atoms with E-state index >= 15 is 0 Å². The van der Waals surface area contributed by atoms with Gasteiger partial charge in [-0.15, -0.1) is 0 Å². The topological polar surface area (TPSA) is 58.6 Å². The molecule has 2 atom stereocenters. The summed E-state index contributed by atoms with van der Waals surface area (Å²) < 4.78 is 5.12. The summed E-state index contributed by atoms with van der Waals surface area (Å²) in [4.78, 5) is 12.1. The maximum absolute atomic E-state index is 12.1. The fourth-order valence-electron chi connectivity index (χ4n) is 1.99. The lowest BCUT2D eigenvalue weighted by molar-refractivity contribution is -0.122. The molecule has 21 heavy (non-hydrogen) atoms. The zero-order valence-corrected chi connectivity index (χ0v) is 12.9. The van der Waals surface area contributed by atoms with Crippen molar-refractivity contribution in [2.45, 2.75) is 18.9 Å². The normalized spacial score (nSPS) is 13.5. The molecule has 0 bridgehead atoms. The Morgan fingerprint density at radius 3 is 2.86 bits per heavy atom. The van der Waals surface area contributed by atoms with Crippen LogP contribution >= 0.6 is 11.3 Å². The van der Waals surface area contributed by atoms with Crippen LogP contribution in [0.5, 0.6) is 5.75 Å². The number of aliphatic hydroxyl groups excluding tert-OH is 1. The van der Waals surface area contributed by atoms with Crippen molar-refractivity contribution in [1.29, 1.82) is 0 Å². The standard InChI is InChI=1S/C16H19NO3S/c1-11(13-6-7-21-10-13)16(19)17-9-15(18)12-4-3-5-14(8-12)20-2/h3-8,10-11,15,18H,9H2,1-2H3,(H,17,19). The number of carbonyl (C=O) groups excluding carboxylic acids is 1. The molecule has 2 N–H and O–H groups in total. The van der Waals surface area contributed by atoms with E-state index in [0.717, 1.165) is 11.1 Å². The average molecular weight is 305 g/mol. The summed E-state index contributed by atoms with van der Waals surface area (Å²) in [5.74, 6) is 0.383. The summed E-state index contributed by atoms with van der Waals surface area (Å²) in [6.07, 6.45) is -0.751. The smallest absolute Gasteiger partial charge is 0.227 e. The van der Waals surface area contributed by atoms with Crippen LogP contribution in [-0.4, -0.2) is 24.7 Å². The lowest BCUT2D eigenvalue weighted by Crippen LogP contribution is -2.31. The van der Waals surface area contributed by atoms with Crippen molar-refractivity contribution in [2.75, 3.05) is 13.7 Å². The molecular weight excluding hydrogens is 286 g/mol. The number of hydrogen-bond acceptors (Lipinski definition) is 4. The van der Waals surface area contributed by atoms with Crippen molar-refractivity contribution in [1.82, 2.24) is 5.32 Å². The summed E-state index contributed by atoms with van der Waals surface area (Å²) in [6, 6.07) is 9.13. The van der Waals surface area contributed by atoms with E-state index in [1.54, 1.807) is 24.5 Å². The molecule has 2 rings (SSSR count). The van der Waals surface area contributed by atoms with E-state index < -0.39 is 6.10 Å². The van der Waals surface area contributed by atoms with Gasteiger partial charge in [0.15, 0.2) is 0 Å². The van der Waals surface area contributed by atoms with Crippen molar-refractivity contribution in [2.24, 2.45) is 0 Å². The fraction of sp³-hybridized carbons (Fsp3) is 0.312. The minimum absolute atomic E-state index is 0.0876. The molecule has 0 spiro atoms. The third-order valence-electron chi connectivity index (χ3n) is 3.38. The van der Waals surface area contributed by atoms with Gasteiger partial charge in [-0.25, -0.2) is 0 Å². The second kappa shape index (κ2) is 7.24. The minimum atomic E-state index is -0.751. The van der Waals surface area contributed by atoms with E-state index in [0.29, 0.717) is 5.75 Å². The van der Waals surface area contributed by atoms with E-state index in [4.69, 9.17) is 4.74 Å². The Balaban J connectivity index is 1.91. The molecule has 2 unspecified atom stereocenters. The molecule has 0 fully saturated rings. The molecule has 4 nitrogen and oxygen atoms in total. The van der Waals surface area contributed by atoms with E-state index in [-0.39, 0.29) is 18.4 Å². The zero-order valence-electron chi connectivity index (χ0n) is 12.1. The molecule has 1 aromatic heterocycles. The third-order valence-corrected chi connectivity index (χ3v) is 4.09. The highest BCUT2D eigenvalue weighted by molar-refractivity contribution is 7.08. The lowest BCUT2D eigenvalue weighted by atomic mass is 10.0. The largest absolute Gasteiger partial charge is 0.497 e. The predicted molar refractivity (Wildman–Crippen MR) is 83.7 cm³/mol. The van der Waals surface area contributed by atoms with E-state index in [9.17, 15) is 9.90 Å². The van der Waals surface area contributed by atoms with Gasteiger partial charge in [-0.1, -0.05) is 12.1 Å². The van der Waals surface area contributed by atoms with E-state index in [1.807, 2.05) is 41.9 Å². The molecule has 112 valence electrons. The summed E-state index contributed by atoms with van der Waals surface area (Å²) in [5.41, 5.74) is 1.71. The van der Waals surface area contributed by atoms with Crippen molar-refractivity contribution < 1.29 is 14.6 Å². The second-order valence-corrected chi connectivity index (χ2v) is 5.60. The Kier molecular flexibility index (Phi) is 5.36. The Morgan fingerprint density at radius 2 is 2.19 bits per heavy atom. The van der Waals surface area contributed by atoms with Crippen molar-refractivity contribution in [3.05, 3.63) is 52.2 Å². The molecule has 0 saturated heterocycles. The summed E-state index contributed by atoms with van der Waals surface area (Å²) >= 11 is 1.57. The number of carbonyl (C=O) groups is 1. The minimum Gasteiger partial charge on any atom is -0.497 e. The molecule has 0 saturated carbocycles. The van der Waals surface area contributed by atoms with Crippen LogP contribution in [0, 0.1) is 0 Å². The van der Waals surface area contributed by atoms with Gasteiger partial charge in [0.1, 0.15) is 5.75 Å². The number of thiophene rings is 1. The molecule has 1 amide bonds. The quantitative estimate of drug-likeness (QED) is 0.862. The second-order valence-electron chi connectivity index (χ2n) is 4.82. The van der Waals surface area contributed by atoms with Crippen LogP contribution in [0.3, 0.4) is 0 Å². The maximum atomic E-state index is 12.1. The third kappa shape index (κ3) is 4.06. The van der Waals surface area contributed by atoms with Crippen LogP contribution in [0.2, 0.25) is 0 Å². The van der Waals surface area contributed by atoms with Gasteiger partial charge in [0.05, 0.1) is 19.1 Å². The van der Waals surface area contributed by atoms with E-state index in [2.05, 4.69) is 5.32 Å². The molecule has 0 aliphatic rings. The first kappa shape index (κ1) is 15.5. The van der Waals surface area contributed by atoms with Crippen molar-refractivity contribution >= 4 is 17.2 Å². The number of methoxy groups -OCH3 is 1. The molecule has 0 radical (unpaired) electrons. The Morgan fingerprint density at radius 1 is 1.38 bits per heavy atom. The van der Waals surface area contributed by atoms with Crippen molar-refractivity contribution in [3.8, 4) is 5.75 Å². The highest BCUT2D eigenvalue weighted by Gasteiger charge is 2.17. The van der Waals surface area contributed by atoms with Crippen LogP contribution in [0.15, 0.2) is 41.1 Å². The number of amides is 1.